The van der Waals surface area contributed by atoms with E-state index in [2.05, 4.69) is 48.8 Å². The van der Waals surface area contributed by atoms with Crippen LogP contribution in [-0.4, -0.2) is 0 Å². The van der Waals surface area contributed by atoms with Gasteiger partial charge in [-0.25, -0.2) is 0 Å². The lowest BCUT2D eigenvalue weighted by Gasteiger charge is -1.94. The van der Waals surface area contributed by atoms with Crippen molar-refractivity contribution in [2.45, 2.75) is 6.92 Å². The van der Waals surface area contributed by atoms with E-state index in [-0.39, 0.29) is 0 Å². The molecule has 0 spiro atoms. The summed E-state index contributed by atoms with van der Waals surface area (Å²) in [4.78, 5) is 0. The minimum Gasteiger partial charge on any atom is -0.192 e. The van der Waals surface area contributed by atoms with Gasteiger partial charge < -0.3 is 0 Å². The molecular weight excluding hydrogens is 302 g/mol. The summed E-state index contributed by atoms with van der Waals surface area (Å²) in [5.41, 5.74) is 5.60. The second kappa shape index (κ2) is 7.70. The predicted molar refractivity (Wildman–Crippen MR) is 101 cm³/mol. The largest absolute Gasteiger partial charge is 0.192 e. The molecule has 0 fully saturated rings. The molecule has 1 heteroatoms. The first-order valence-electron chi connectivity index (χ1n) is 7.94. The maximum atomic E-state index is 8.81. The Kier molecular flexibility index (Phi) is 4.97. The highest BCUT2D eigenvalue weighted by Crippen LogP contribution is 2.06. The van der Waals surface area contributed by atoms with E-state index < -0.39 is 0 Å². The third-order valence-electron chi connectivity index (χ3n) is 3.63. The summed E-state index contributed by atoms with van der Waals surface area (Å²) in [5.74, 6) is 12.6. The number of nitrogens with zero attached hydrogens (tertiary/aromatic N) is 1. The zero-order valence-electron chi connectivity index (χ0n) is 13.9. The van der Waals surface area contributed by atoms with Crippen LogP contribution < -0.4 is 0 Å². The van der Waals surface area contributed by atoms with Gasteiger partial charge in [0.1, 0.15) is 0 Å². The molecule has 3 rings (SSSR count). The number of hydrogen-bond donors (Lipinski definition) is 0. The molecule has 0 saturated carbocycles. The highest BCUT2D eigenvalue weighted by molar-refractivity contribution is 5.49. The predicted octanol–water partition coefficient (Wildman–Crippen LogP) is 4.67. The molecule has 0 aliphatic rings. The monoisotopic (exact) mass is 317 g/mol. The van der Waals surface area contributed by atoms with Gasteiger partial charge in [-0.2, -0.15) is 5.26 Å². The Balaban J connectivity index is 1.79. The maximum Gasteiger partial charge on any atom is 0.0991 e. The van der Waals surface area contributed by atoms with Crippen LogP contribution in [0.3, 0.4) is 0 Å². The molecule has 0 aliphatic carbocycles. The van der Waals surface area contributed by atoms with Gasteiger partial charge in [0.25, 0.3) is 0 Å². The summed E-state index contributed by atoms with van der Waals surface area (Å²) in [7, 11) is 0. The summed E-state index contributed by atoms with van der Waals surface area (Å²) in [6.07, 6.45) is 0. The molecule has 116 valence electrons. The van der Waals surface area contributed by atoms with Gasteiger partial charge in [-0.05, 0) is 61.5 Å². The minimum absolute atomic E-state index is 0.638. The standard InChI is InChI=1S/C24H15N/c1-19-5-7-20(8-6-19)9-13-22-3-2-4-23(17-22)14-10-21-11-15-24(18-25)16-12-21/h2-8,11-12,15-17H,1H3. The van der Waals surface area contributed by atoms with Crippen LogP contribution in [0.4, 0.5) is 0 Å². The summed E-state index contributed by atoms with van der Waals surface area (Å²) >= 11 is 0. The smallest absolute Gasteiger partial charge is 0.0991 e. The maximum absolute atomic E-state index is 8.81. The average molecular weight is 317 g/mol. The van der Waals surface area contributed by atoms with Crippen LogP contribution in [0.15, 0.2) is 72.8 Å². The Morgan fingerprint density at radius 2 is 1.00 bits per heavy atom. The van der Waals surface area contributed by atoms with E-state index in [1.807, 2.05) is 48.5 Å². The first-order valence-corrected chi connectivity index (χ1v) is 7.94. The minimum atomic E-state index is 0.638. The SMILES string of the molecule is Cc1ccc(C#Cc2cccc(C#Cc3ccc(C#N)cc3)c2)cc1. The van der Waals surface area contributed by atoms with Crippen molar-refractivity contribution in [1.82, 2.24) is 0 Å². The van der Waals surface area contributed by atoms with Crippen molar-refractivity contribution in [1.29, 1.82) is 5.26 Å². The Hall–Kier alpha value is -3.73. The van der Waals surface area contributed by atoms with Crippen LogP contribution in [0.5, 0.6) is 0 Å². The van der Waals surface area contributed by atoms with E-state index in [1.165, 1.54) is 5.56 Å². The topological polar surface area (TPSA) is 23.8 Å². The summed E-state index contributed by atoms with van der Waals surface area (Å²) in [6.45, 7) is 2.06. The molecule has 0 radical (unpaired) electrons. The molecule has 3 aromatic carbocycles. The van der Waals surface area contributed by atoms with Crippen molar-refractivity contribution in [3.63, 3.8) is 0 Å². The molecular formula is C24H15N. The molecule has 0 atom stereocenters. The zero-order valence-corrected chi connectivity index (χ0v) is 13.9. The van der Waals surface area contributed by atoms with Gasteiger partial charge >= 0.3 is 0 Å². The molecule has 3 aromatic rings. The molecule has 0 aromatic heterocycles. The summed E-state index contributed by atoms with van der Waals surface area (Å²) in [6, 6.07) is 25.4. The van der Waals surface area contributed by atoms with E-state index >= 15 is 0 Å². The number of hydrogen-bond acceptors (Lipinski definition) is 1. The lowest BCUT2D eigenvalue weighted by molar-refractivity contribution is 1.46. The second-order valence-corrected chi connectivity index (χ2v) is 5.64. The lowest BCUT2D eigenvalue weighted by atomic mass is 10.1. The van der Waals surface area contributed by atoms with E-state index in [9.17, 15) is 0 Å². The molecule has 0 bridgehead atoms. The van der Waals surface area contributed by atoms with Gasteiger partial charge in [-0.1, -0.05) is 47.4 Å². The Morgan fingerprint density at radius 3 is 1.52 bits per heavy atom. The molecule has 0 amide bonds. The Morgan fingerprint density at radius 1 is 0.560 bits per heavy atom. The van der Waals surface area contributed by atoms with E-state index in [0.717, 1.165) is 22.3 Å². The first-order chi connectivity index (χ1) is 12.2. The zero-order chi connectivity index (χ0) is 17.5. The number of aryl methyl sites for hydroxylation is 1. The van der Waals surface area contributed by atoms with Crippen molar-refractivity contribution in [2.24, 2.45) is 0 Å². The Labute approximate surface area is 148 Å². The number of benzene rings is 3. The van der Waals surface area contributed by atoms with Gasteiger partial charge in [0.15, 0.2) is 0 Å². The highest BCUT2D eigenvalue weighted by atomic mass is 14.2. The number of nitriles is 1. The van der Waals surface area contributed by atoms with Crippen molar-refractivity contribution < 1.29 is 0 Å². The third kappa shape index (κ3) is 4.62. The molecule has 0 heterocycles. The fourth-order valence-electron chi connectivity index (χ4n) is 2.23. The molecule has 0 unspecified atom stereocenters. The highest BCUT2D eigenvalue weighted by Gasteiger charge is 1.92. The van der Waals surface area contributed by atoms with Crippen LogP contribution >= 0.6 is 0 Å². The molecule has 1 nitrogen and oxygen atoms in total. The van der Waals surface area contributed by atoms with Crippen LogP contribution in [0.1, 0.15) is 33.4 Å². The normalized spacial score (nSPS) is 9.12. The molecule has 0 N–H and O–H groups in total. The van der Waals surface area contributed by atoms with Crippen molar-refractivity contribution in [3.8, 4) is 29.8 Å². The summed E-state index contributed by atoms with van der Waals surface area (Å²) in [5, 5.41) is 8.81. The Bertz CT molecular complexity index is 1040. The van der Waals surface area contributed by atoms with Crippen LogP contribution in [0.2, 0.25) is 0 Å². The third-order valence-corrected chi connectivity index (χ3v) is 3.63. The van der Waals surface area contributed by atoms with Crippen LogP contribution in [0, 0.1) is 41.9 Å². The average Bonchev–Trinajstić information content (AvgIpc) is 2.67. The molecule has 25 heavy (non-hydrogen) atoms. The van der Waals surface area contributed by atoms with E-state index in [1.54, 1.807) is 12.1 Å². The van der Waals surface area contributed by atoms with Crippen LogP contribution in [0.25, 0.3) is 0 Å². The van der Waals surface area contributed by atoms with E-state index in [0.29, 0.717) is 5.56 Å². The summed E-state index contributed by atoms with van der Waals surface area (Å²) < 4.78 is 0. The van der Waals surface area contributed by atoms with Crippen molar-refractivity contribution in [3.05, 3.63) is 106 Å². The lowest BCUT2D eigenvalue weighted by Crippen LogP contribution is -1.81. The first kappa shape index (κ1) is 16.1. The van der Waals surface area contributed by atoms with Crippen molar-refractivity contribution in [2.75, 3.05) is 0 Å². The molecule has 0 saturated heterocycles. The van der Waals surface area contributed by atoms with Gasteiger partial charge in [0.05, 0.1) is 11.6 Å². The van der Waals surface area contributed by atoms with Gasteiger partial charge in [-0.3, -0.25) is 0 Å². The molecule has 0 aliphatic heterocycles. The quantitative estimate of drug-likeness (QED) is 0.553. The van der Waals surface area contributed by atoms with Crippen LogP contribution in [-0.2, 0) is 0 Å². The van der Waals surface area contributed by atoms with E-state index in [4.69, 9.17) is 5.26 Å². The number of rotatable bonds is 0. The van der Waals surface area contributed by atoms with Crippen molar-refractivity contribution >= 4 is 0 Å². The van der Waals surface area contributed by atoms with Gasteiger partial charge in [0.2, 0.25) is 0 Å². The van der Waals surface area contributed by atoms with Gasteiger partial charge in [0, 0.05) is 22.3 Å². The fourth-order valence-corrected chi connectivity index (χ4v) is 2.23. The second-order valence-electron chi connectivity index (χ2n) is 5.64. The van der Waals surface area contributed by atoms with Gasteiger partial charge in [-0.15, -0.1) is 0 Å². The fraction of sp³-hybridized carbons (Fsp3) is 0.0417.